The lowest BCUT2D eigenvalue weighted by molar-refractivity contribution is 0.0536. The molecule has 1 heterocycles. The number of halogens is 1. The summed E-state index contributed by atoms with van der Waals surface area (Å²) in [6.45, 7) is 2.05. The second-order valence-electron chi connectivity index (χ2n) is 7.56. The van der Waals surface area contributed by atoms with Gasteiger partial charge in [0.15, 0.2) is 5.78 Å². The first-order chi connectivity index (χ1) is 14.0. The molecule has 2 aromatic carbocycles. The van der Waals surface area contributed by atoms with Crippen molar-refractivity contribution in [2.45, 2.75) is 44.6 Å². The minimum absolute atomic E-state index is 0.000264. The summed E-state index contributed by atoms with van der Waals surface area (Å²) in [6.07, 6.45) is 3.01. The monoisotopic (exact) mass is 394 g/mol. The Hall–Kier alpha value is -3.08. The summed E-state index contributed by atoms with van der Waals surface area (Å²) in [7, 11) is 0. The summed E-state index contributed by atoms with van der Waals surface area (Å²) in [5.41, 5.74) is -0.222. The number of Topliss-reactive ketones (excluding diaryl/α,β-unsaturated/α-hetero) is 1. The number of ether oxygens (including phenoxy) is 1. The zero-order valence-electron chi connectivity index (χ0n) is 16.2. The smallest absolute Gasteiger partial charge is 0.200 e. The standard InChI is InChI=1S/C24H23FO4/c1-2-3-13-24-14-12-17(21(26)15-8-4-6-10-18(15)25)23(28)20(24)22(27)16-9-5-7-11-19(16)29-24/h4-11,26,28H,2-3,12-14H2,1H3/b21-17-. The van der Waals surface area contributed by atoms with Crippen molar-refractivity contribution in [3.63, 3.8) is 0 Å². The number of fused-ring (bicyclic) bond motifs is 2. The average molecular weight is 394 g/mol. The number of para-hydroxylation sites is 1. The van der Waals surface area contributed by atoms with Gasteiger partial charge in [0.05, 0.1) is 16.7 Å². The highest BCUT2D eigenvalue weighted by Crippen LogP contribution is 2.49. The van der Waals surface area contributed by atoms with Gasteiger partial charge in [-0.15, -0.1) is 0 Å². The molecule has 1 atom stereocenters. The van der Waals surface area contributed by atoms with Gasteiger partial charge in [0.1, 0.15) is 28.7 Å². The average Bonchev–Trinajstić information content (AvgIpc) is 2.72. The molecule has 0 amide bonds. The second kappa shape index (κ2) is 7.39. The molecule has 0 aromatic heterocycles. The molecule has 0 fully saturated rings. The van der Waals surface area contributed by atoms with E-state index in [9.17, 15) is 19.4 Å². The van der Waals surface area contributed by atoms with Crippen LogP contribution in [0.2, 0.25) is 0 Å². The van der Waals surface area contributed by atoms with E-state index in [0.29, 0.717) is 24.2 Å². The molecular formula is C24H23FO4. The van der Waals surface area contributed by atoms with Crippen LogP contribution in [0.1, 0.15) is 54.9 Å². The van der Waals surface area contributed by atoms with E-state index in [4.69, 9.17) is 4.74 Å². The maximum atomic E-state index is 14.2. The Morgan fingerprint density at radius 1 is 1.17 bits per heavy atom. The van der Waals surface area contributed by atoms with Crippen LogP contribution in [0.25, 0.3) is 5.76 Å². The normalized spacial score (nSPS) is 22.6. The summed E-state index contributed by atoms with van der Waals surface area (Å²) >= 11 is 0. The minimum atomic E-state index is -0.940. The van der Waals surface area contributed by atoms with Gasteiger partial charge in [-0.05, 0) is 49.9 Å². The first kappa shape index (κ1) is 19.2. The fourth-order valence-corrected chi connectivity index (χ4v) is 4.25. The van der Waals surface area contributed by atoms with Crippen LogP contribution in [0, 0.1) is 5.82 Å². The Morgan fingerprint density at radius 3 is 2.66 bits per heavy atom. The second-order valence-corrected chi connectivity index (χ2v) is 7.56. The third kappa shape index (κ3) is 3.11. The summed E-state index contributed by atoms with van der Waals surface area (Å²) < 4.78 is 20.5. The number of carbonyl (C=O) groups is 1. The third-order valence-electron chi connectivity index (χ3n) is 5.77. The van der Waals surface area contributed by atoms with Crippen LogP contribution in [0.3, 0.4) is 0 Å². The predicted molar refractivity (Wildman–Crippen MR) is 108 cm³/mol. The number of hydrogen-bond donors (Lipinski definition) is 2. The molecule has 4 nitrogen and oxygen atoms in total. The number of unbranched alkanes of at least 4 members (excludes halogenated alkanes) is 1. The van der Waals surface area contributed by atoms with Gasteiger partial charge in [-0.2, -0.15) is 0 Å². The summed E-state index contributed by atoms with van der Waals surface area (Å²) in [5, 5.41) is 21.8. The van der Waals surface area contributed by atoms with Gasteiger partial charge < -0.3 is 14.9 Å². The van der Waals surface area contributed by atoms with Crippen LogP contribution in [-0.2, 0) is 0 Å². The van der Waals surface area contributed by atoms with E-state index >= 15 is 0 Å². The molecule has 0 saturated carbocycles. The van der Waals surface area contributed by atoms with Crippen molar-refractivity contribution in [1.29, 1.82) is 0 Å². The molecule has 4 rings (SSSR count). The Balaban J connectivity index is 1.91. The number of hydrogen-bond acceptors (Lipinski definition) is 4. The Morgan fingerprint density at radius 2 is 1.90 bits per heavy atom. The predicted octanol–water partition coefficient (Wildman–Crippen LogP) is 5.91. The van der Waals surface area contributed by atoms with Crippen molar-refractivity contribution in [2.24, 2.45) is 0 Å². The molecule has 150 valence electrons. The summed E-state index contributed by atoms with van der Waals surface area (Å²) in [6, 6.07) is 12.8. The van der Waals surface area contributed by atoms with Gasteiger partial charge in [0.2, 0.25) is 0 Å². The first-order valence-corrected chi connectivity index (χ1v) is 9.92. The maximum absolute atomic E-state index is 14.2. The Kier molecular flexibility index (Phi) is 4.91. The van der Waals surface area contributed by atoms with Gasteiger partial charge in [-0.3, -0.25) is 4.79 Å². The van der Waals surface area contributed by atoms with Crippen molar-refractivity contribution < 1.29 is 24.1 Å². The molecule has 2 aliphatic rings. The molecule has 29 heavy (non-hydrogen) atoms. The fraction of sp³-hybridized carbons (Fsp3) is 0.292. The quantitative estimate of drug-likeness (QED) is 0.633. The zero-order chi connectivity index (χ0) is 20.6. The van der Waals surface area contributed by atoms with E-state index in [1.807, 2.05) is 6.07 Å². The number of carbonyl (C=O) groups excluding carboxylic acids is 1. The van der Waals surface area contributed by atoms with Crippen molar-refractivity contribution in [3.05, 3.63) is 82.4 Å². The van der Waals surface area contributed by atoms with Gasteiger partial charge in [-0.1, -0.05) is 37.6 Å². The lowest BCUT2D eigenvalue weighted by atomic mass is 9.72. The van der Waals surface area contributed by atoms with Crippen LogP contribution >= 0.6 is 0 Å². The molecule has 2 aromatic rings. The number of benzene rings is 2. The molecule has 5 heteroatoms. The van der Waals surface area contributed by atoms with Crippen LogP contribution in [0.5, 0.6) is 5.75 Å². The SMILES string of the molecule is CCCCC12CC/C(=C(/O)c3ccccc3F)C(O)=C1C(=O)c1ccccc1O2. The Bertz CT molecular complexity index is 1040. The topological polar surface area (TPSA) is 66.8 Å². The van der Waals surface area contributed by atoms with E-state index in [2.05, 4.69) is 6.92 Å². The van der Waals surface area contributed by atoms with E-state index in [1.54, 1.807) is 24.3 Å². The lowest BCUT2D eigenvalue weighted by Crippen LogP contribution is -2.47. The molecule has 2 N–H and O–H groups in total. The van der Waals surface area contributed by atoms with E-state index in [-0.39, 0.29) is 40.4 Å². The number of aliphatic hydroxyl groups is 2. The van der Waals surface area contributed by atoms with Crippen molar-refractivity contribution in [3.8, 4) is 5.75 Å². The molecule has 1 unspecified atom stereocenters. The number of aliphatic hydroxyl groups excluding tert-OH is 2. The highest BCUT2D eigenvalue weighted by Gasteiger charge is 2.50. The minimum Gasteiger partial charge on any atom is -0.507 e. The zero-order valence-corrected chi connectivity index (χ0v) is 16.2. The van der Waals surface area contributed by atoms with E-state index in [0.717, 1.165) is 12.8 Å². The van der Waals surface area contributed by atoms with E-state index in [1.165, 1.54) is 18.2 Å². The fourth-order valence-electron chi connectivity index (χ4n) is 4.25. The number of ketones is 1. The van der Waals surface area contributed by atoms with Gasteiger partial charge in [-0.25, -0.2) is 4.39 Å². The molecule has 1 aliphatic carbocycles. The molecule has 1 aliphatic heterocycles. The molecule has 0 saturated heterocycles. The molecule has 0 spiro atoms. The van der Waals surface area contributed by atoms with Crippen LogP contribution in [0.15, 0.2) is 65.4 Å². The van der Waals surface area contributed by atoms with Crippen LogP contribution < -0.4 is 4.74 Å². The van der Waals surface area contributed by atoms with Gasteiger partial charge in [0.25, 0.3) is 0 Å². The maximum Gasteiger partial charge on any atom is 0.200 e. The number of allylic oxidation sites excluding steroid dienone is 1. The van der Waals surface area contributed by atoms with Crippen molar-refractivity contribution in [2.75, 3.05) is 0 Å². The highest BCUT2D eigenvalue weighted by atomic mass is 19.1. The number of rotatable bonds is 4. The van der Waals surface area contributed by atoms with E-state index < -0.39 is 11.4 Å². The highest BCUT2D eigenvalue weighted by molar-refractivity contribution is 6.13. The largest absolute Gasteiger partial charge is 0.507 e. The lowest BCUT2D eigenvalue weighted by Gasteiger charge is -2.43. The van der Waals surface area contributed by atoms with Gasteiger partial charge in [0, 0.05) is 5.57 Å². The first-order valence-electron chi connectivity index (χ1n) is 9.92. The van der Waals surface area contributed by atoms with Crippen molar-refractivity contribution in [1.82, 2.24) is 0 Å². The summed E-state index contributed by atoms with van der Waals surface area (Å²) in [5.74, 6) is -1.03. The molecule has 0 radical (unpaired) electrons. The summed E-state index contributed by atoms with van der Waals surface area (Å²) in [4.78, 5) is 13.3. The van der Waals surface area contributed by atoms with Gasteiger partial charge >= 0.3 is 0 Å². The van der Waals surface area contributed by atoms with Crippen molar-refractivity contribution >= 4 is 11.5 Å². The van der Waals surface area contributed by atoms with Crippen LogP contribution in [-0.4, -0.2) is 21.6 Å². The third-order valence-corrected chi connectivity index (χ3v) is 5.77. The van der Waals surface area contributed by atoms with Crippen LogP contribution in [0.4, 0.5) is 4.39 Å². The Labute approximate surface area is 169 Å². The molecular weight excluding hydrogens is 371 g/mol. The molecule has 0 bridgehead atoms.